The van der Waals surface area contributed by atoms with Crippen molar-refractivity contribution in [1.82, 2.24) is 4.90 Å². The Morgan fingerprint density at radius 1 is 1.50 bits per heavy atom. The maximum Gasteiger partial charge on any atom is 0.409 e. The number of halogens is 1. The number of carbonyl (C=O) groups excluding carboxylic acids is 1. The van der Waals surface area contributed by atoms with Gasteiger partial charge < -0.3 is 14.7 Å². The molecular weight excluding hydrogens is 338 g/mol. The lowest BCUT2D eigenvalue weighted by Crippen LogP contribution is -2.40. The largest absolute Gasteiger partial charge is 0.867 e. The summed E-state index contributed by atoms with van der Waals surface area (Å²) < 4.78 is 4.94. The molecule has 1 aromatic carbocycles. The van der Waals surface area contributed by atoms with E-state index in [0.717, 1.165) is 6.07 Å². The van der Waals surface area contributed by atoms with Crippen LogP contribution in [0.5, 0.6) is 5.75 Å². The Morgan fingerprint density at radius 3 is 2.75 bits per heavy atom. The molecule has 0 aliphatic carbocycles. The van der Waals surface area contributed by atoms with Crippen LogP contribution in [0, 0.1) is 10.1 Å². The standard InChI is InChI=1S/C15H18ClN3O5/c1-2-24-15(21)18-5-3-12(4-6-18)17-9-10-7-11(16)8-13(14(10)20)19(22)23/h7-9,12,20H,2-6H2,1H3/p-1. The van der Waals surface area contributed by atoms with Gasteiger partial charge in [0.15, 0.2) is 0 Å². The molecule has 1 saturated heterocycles. The number of aliphatic imine (C=N–C) groups is 1. The number of hydrogen-bond acceptors (Lipinski definition) is 6. The first kappa shape index (κ1) is 18.0. The Labute approximate surface area is 143 Å². The SMILES string of the molecule is CCOC(=O)N1CCC(N=Cc2cc(Cl)cc([N+](=O)[O-])c2[O-])CC1. The molecule has 2 rings (SSSR count). The van der Waals surface area contributed by atoms with Gasteiger partial charge in [0.05, 0.1) is 17.6 Å². The molecule has 1 aliphatic heterocycles. The molecule has 24 heavy (non-hydrogen) atoms. The fraction of sp³-hybridized carbons (Fsp3) is 0.467. The van der Waals surface area contributed by atoms with Gasteiger partial charge in [-0.2, -0.15) is 0 Å². The van der Waals surface area contributed by atoms with Crippen molar-refractivity contribution < 1.29 is 19.6 Å². The van der Waals surface area contributed by atoms with Crippen molar-refractivity contribution in [2.75, 3.05) is 19.7 Å². The van der Waals surface area contributed by atoms with Crippen molar-refractivity contribution in [3.8, 4) is 5.75 Å². The lowest BCUT2D eigenvalue weighted by Gasteiger charge is -2.29. The van der Waals surface area contributed by atoms with Gasteiger partial charge in [-0.3, -0.25) is 15.1 Å². The fourth-order valence-electron chi connectivity index (χ4n) is 2.43. The molecule has 0 spiro atoms. The van der Waals surface area contributed by atoms with Crippen LogP contribution in [0.25, 0.3) is 0 Å². The molecule has 1 fully saturated rings. The molecule has 0 unspecified atom stereocenters. The molecule has 0 atom stereocenters. The van der Waals surface area contributed by atoms with Crippen molar-refractivity contribution in [1.29, 1.82) is 0 Å². The van der Waals surface area contributed by atoms with Crippen LogP contribution in [0.4, 0.5) is 10.5 Å². The minimum absolute atomic E-state index is 0.0619. The normalized spacial score (nSPS) is 15.7. The number of piperidine rings is 1. The lowest BCUT2D eigenvalue weighted by atomic mass is 10.1. The summed E-state index contributed by atoms with van der Waals surface area (Å²) in [5, 5.41) is 22.9. The number of nitro groups is 1. The minimum atomic E-state index is -0.761. The average Bonchev–Trinajstić information content (AvgIpc) is 2.55. The van der Waals surface area contributed by atoms with Gasteiger partial charge in [-0.15, -0.1) is 0 Å². The predicted octanol–water partition coefficient (Wildman–Crippen LogP) is 2.36. The van der Waals surface area contributed by atoms with E-state index in [9.17, 15) is 20.0 Å². The zero-order valence-corrected chi connectivity index (χ0v) is 13.9. The van der Waals surface area contributed by atoms with Crippen LogP contribution in [0.2, 0.25) is 5.02 Å². The Bertz CT molecular complexity index is 657. The Morgan fingerprint density at radius 2 is 2.17 bits per heavy atom. The van der Waals surface area contributed by atoms with Gasteiger partial charge in [0.25, 0.3) is 5.69 Å². The summed E-state index contributed by atoms with van der Waals surface area (Å²) in [6.07, 6.45) is 2.25. The predicted molar refractivity (Wildman–Crippen MR) is 86.8 cm³/mol. The highest BCUT2D eigenvalue weighted by Crippen LogP contribution is 2.30. The van der Waals surface area contributed by atoms with Gasteiger partial charge in [0.1, 0.15) is 0 Å². The Kier molecular flexibility index (Phi) is 5.97. The van der Waals surface area contributed by atoms with E-state index in [1.165, 1.54) is 12.3 Å². The highest BCUT2D eigenvalue weighted by molar-refractivity contribution is 6.31. The van der Waals surface area contributed by atoms with E-state index >= 15 is 0 Å². The number of likely N-dealkylation sites (tertiary alicyclic amines) is 1. The van der Waals surface area contributed by atoms with Gasteiger partial charge in [0, 0.05) is 30.4 Å². The van der Waals surface area contributed by atoms with Crippen LogP contribution in [0.3, 0.4) is 0 Å². The molecule has 9 heteroatoms. The van der Waals surface area contributed by atoms with Gasteiger partial charge in [-0.25, -0.2) is 4.79 Å². The molecule has 1 amide bonds. The number of rotatable bonds is 4. The van der Waals surface area contributed by atoms with E-state index in [1.54, 1.807) is 11.8 Å². The van der Waals surface area contributed by atoms with Crippen LogP contribution in [-0.2, 0) is 4.74 Å². The number of ether oxygens (including phenoxy) is 1. The van der Waals surface area contributed by atoms with Crippen LogP contribution >= 0.6 is 11.6 Å². The van der Waals surface area contributed by atoms with Crippen LogP contribution in [0.15, 0.2) is 17.1 Å². The van der Waals surface area contributed by atoms with Crippen LogP contribution < -0.4 is 5.11 Å². The fourth-order valence-corrected chi connectivity index (χ4v) is 2.65. The van der Waals surface area contributed by atoms with Gasteiger partial charge >= 0.3 is 6.09 Å². The van der Waals surface area contributed by atoms with Crippen molar-refractivity contribution in [2.24, 2.45) is 4.99 Å². The van der Waals surface area contributed by atoms with Crippen LogP contribution in [0.1, 0.15) is 25.3 Å². The first-order valence-electron chi connectivity index (χ1n) is 7.52. The molecule has 1 heterocycles. The lowest BCUT2D eigenvalue weighted by molar-refractivity contribution is -0.398. The molecular formula is C15H17ClN3O5-. The van der Waals surface area contributed by atoms with Gasteiger partial charge in [-0.1, -0.05) is 11.6 Å². The number of carbonyl (C=O) groups is 1. The van der Waals surface area contributed by atoms with Gasteiger partial charge in [-0.05, 0) is 37.1 Å². The van der Waals surface area contributed by atoms with Crippen molar-refractivity contribution in [2.45, 2.75) is 25.8 Å². The second kappa shape index (κ2) is 7.96. The van der Waals surface area contributed by atoms with E-state index < -0.39 is 16.4 Å². The number of hydrogen-bond donors (Lipinski definition) is 0. The maximum atomic E-state index is 12.0. The van der Waals surface area contributed by atoms with Crippen molar-refractivity contribution >= 4 is 29.6 Å². The summed E-state index contributed by atoms with van der Waals surface area (Å²) in [4.78, 5) is 27.6. The number of amides is 1. The quantitative estimate of drug-likeness (QED) is 0.468. The Hall–Kier alpha value is -2.35. The summed E-state index contributed by atoms with van der Waals surface area (Å²) in [5.74, 6) is -0.711. The molecule has 0 N–H and O–H groups in total. The third kappa shape index (κ3) is 4.35. The highest BCUT2D eigenvalue weighted by atomic mass is 35.5. The minimum Gasteiger partial charge on any atom is -0.867 e. The maximum absolute atomic E-state index is 12.0. The molecule has 0 radical (unpaired) electrons. The first-order valence-corrected chi connectivity index (χ1v) is 7.90. The van der Waals surface area contributed by atoms with Crippen molar-refractivity contribution in [3.05, 3.63) is 32.8 Å². The van der Waals surface area contributed by atoms with E-state index in [-0.39, 0.29) is 22.7 Å². The summed E-state index contributed by atoms with van der Waals surface area (Å²) in [6, 6.07) is 2.32. The summed E-state index contributed by atoms with van der Waals surface area (Å²) in [7, 11) is 0. The molecule has 130 valence electrons. The zero-order chi connectivity index (χ0) is 17.7. The summed E-state index contributed by atoms with van der Waals surface area (Å²) in [5.41, 5.74) is -0.483. The monoisotopic (exact) mass is 354 g/mol. The zero-order valence-electron chi connectivity index (χ0n) is 13.1. The molecule has 1 aliphatic rings. The second-order valence-corrected chi connectivity index (χ2v) is 5.73. The van der Waals surface area contributed by atoms with Crippen molar-refractivity contribution in [3.63, 3.8) is 0 Å². The molecule has 8 nitrogen and oxygen atoms in total. The first-order chi connectivity index (χ1) is 11.4. The smallest absolute Gasteiger partial charge is 0.409 e. The molecule has 0 aromatic heterocycles. The highest BCUT2D eigenvalue weighted by Gasteiger charge is 2.22. The molecule has 1 aromatic rings. The molecule has 0 saturated carbocycles. The Balaban J connectivity index is 2.03. The molecule has 0 bridgehead atoms. The average molecular weight is 355 g/mol. The van der Waals surface area contributed by atoms with E-state index in [2.05, 4.69) is 4.99 Å². The number of benzene rings is 1. The summed E-state index contributed by atoms with van der Waals surface area (Å²) in [6.45, 7) is 3.11. The number of nitrogens with zero attached hydrogens (tertiary/aromatic N) is 3. The third-order valence-corrected chi connectivity index (χ3v) is 3.89. The van der Waals surface area contributed by atoms with Gasteiger partial charge in [0.2, 0.25) is 0 Å². The van der Waals surface area contributed by atoms with E-state index in [0.29, 0.717) is 32.5 Å². The second-order valence-electron chi connectivity index (χ2n) is 5.30. The number of nitro benzene ring substituents is 1. The van der Waals surface area contributed by atoms with E-state index in [1.807, 2.05) is 0 Å². The summed E-state index contributed by atoms with van der Waals surface area (Å²) >= 11 is 5.81. The third-order valence-electron chi connectivity index (χ3n) is 3.67. The van der Waals surface area contributed by atoms with E-state index in [4.69, 9.17) is 16.3 Å². The topological polar surface area (TPSA) is 108 Å². The van der Waals surface area contributed by atoms with Crippen LogP contribution in [-0.4, -0.2) is 47.9 Å².